The lowest BCUT2D eigenvalue weighted by Crippen LogP contribution is -2.19. The third-order valence-corrected chi connectivity index (χ3v) is 4.37. The second kappa shape index (κ2) is 4.05. The van der Waals surface area contributed by atoms with Gasteiger partial charge in [0.15, 0.2) is 5.78 Å². The summed E-state index contributed by atoms with van der Waals surface area (Å²) in [4.78, 5) is 16.6. The number of ketones is 1. The van der Waals surface area contributed by atoms with Crippen LogP contribution in [-0.2, 0) is 19.3 Å². The molecular formula is C16H16N2O. The van der Waals surface area contributed by atoms with Crippen molar-refractivity contribution in [3.05, 3.63) is 53.1 Å². The highest BCUT2D eigenvalue weighted by Gasteiger charge is 2.29. The first kappa shape index (κ1) is 11.0. The summed E-state index contributed by atoms with van der Waals surface area (Å²) in [5.41, 5.74) is 4.72. The van der Waals surface area contributed by atoms with E-state index in [0.717, 1.165) is 37.1 Å². The summed E-state index contributed by atoms with van der Waals surface area (Å²) in [7, 11) is 0. The molecule has 0 unspecified atom stereocenters. The smallest absolute Gasteiger partial charge is 0.181 e. The molecule has 0 amide bonds. The van der Waals surface area contributed by atoms with Gasteiger partial charge in [0.1, 0.15) is 5.69 Å². The highest BCUT2D eigenvalue weighted by Crippen LogP contribution is 2.33. The zero-order valence-electron chi connectivity index (χ0n) is 10.8. The van der Waals surface area contributed by atoms with Crippen molar-refractivity contribution in [2.75, 3.05) is 0 Å². The topological polar surface area (TPSA) is 34.9 Å². The first-order chi connectivity index (χ1) is 9.33. The number of hydrogen-bond donors (Lipinski definition) is 0. The zero-order chi connectivity index (χ0) is 12.8. The Morgan fingerprint density at radius 2 is 1.84 bits per heavy atom. The van der Waals surface area contributed by atoms with Gasteiger partial charge in [-0.25, -0.2) is 4.98 Å². The van der Waals surface area contributed by atoms with E-state index in [2.05, 4.69) is 33.8 Å². The van der Waals surface area contributed by atoms with E-state index in [1.54, 1.807) is 0 Å². The Kier molecular flexibility index (Phi) is 2.34. The van der Waals surface area contributed by atoms with Gasteiger partial charge in [-0.05, 0) is 36.8 Å². The molecule has 1 aromatic carbocycles. The van der Waals surface area contributed by atoms with Gasteiger partial charge in [0.05, 0.1) is 12.0 Å². The maximum atomic E-state index is 12.1. The maximum absolute atomic E-state index is 12.1. The summed E-state index contributed by atoms with van der Waals surface area (Å²) < 4.78 is 2.14. The maximum Gasteiger partial charge on any atom is 0.181 e. The standard InChI is InChI=1S/C16H16N2O/c19-15-7-3-6-14-16(15)18(10-17-14)13-8-11-4-1-2-5-12(11)9-13/h1-2,4-5,10,13H,3,6-9H2. The second-order valence-electron chi connectivity index (χ2n) is 5.55. The van der Waals surface area contributed by atoms with Gasteiger partial charge < -0.3 is 4.57 Å². The predicted molar refractivity (Wildman–Crippen MR) is 72.4 cm³/mol. The van der Waals surface area contributed by atoms with Gasteiger partial charge >= 0.3 is 0 Å². The normalized spacial score (nSPS) is 18.4. The van der Waals surface area contributed by atoms with Crippen LogP contribution in [0.3, 0.4) is 0 Å². The summed E-state index contributed by atoms with van der Waals surface area (Å²) in [5.74, 6) is 0.273. The van der Waals surface area contributed by atoms with Gasteiger partial charge in [-0.3, -0.25) is 4.79 Å². The van der Waals surface area contributed by atoms with Crippen molar-refractivity contribution in [3.8, 4) is 0 Å². The molecule has 0 bridgehead atoms. The van der Waals surface area contributed by atoms with Gasteiger partial charge in [-0.15, -0.1) is 0 Å². The number of aromatic nitrogens is 2. The van der Waals surface area contributed by atoms with Gasteiger partial charge in [0.25, 0.3) is 0 Å². The molecule has 1 aromatic heterocycles. The number of carbonyl (C=O) groups excluding carboxylic acids is 1. The molecule has 0 radical (unpaired) electrons. The van der Waals surface area contributed by atoms with Gasteiger partial charge in [-0.1, -0.05) is 24.3 Å². The van der Waals surface area contributed by atoms with Crippen LogP contribution in [0.5, 0.6) is 0 Å². The Bertz CT molecular complexity index is 632. The van der Waals surface area contributed by atoms with Crippen molar-refractivity contribution in [1.82, 2.24) is 9.55 Å². The number of benzene rings is 1. The Labute approximate surface area is 112 Å². The molecular weight excluding hydrogens is 236 g/mol. The number of hydrogen-bond acceptors (Lipinski definition) is 2. The average molecular weight is 252 g/mol. The molecule has 19 heavy (non-hydrogen) atoms. The molecule has 3 nitrogen and oxygen atoms in total. The van der Waals surface area contributed by atoms with E-state index in [1.807, 2.05) is 6.33 Å². The van der Waals surface area contributed by atoms with Crippen molar-refractivity contribution in [2.24, 2.45) is 0 Å². The summed E-state index contributed by atoms with van der Waals surface area (Å²) in [6, 6.07) is 8.95. The number of carbonyl (C=O) groups is 1. The molecule has 0 N–H and O–H groups in total. The molecule has 0 spiro atoms. The predicted octanol–water partition coefficient (Wildman–Crippen LogP) is 2.74. The zero-order valence-corrected chi connectivity index (χ0v) is 10.8. The number of nitrogens with zero attached hydrogens (tertiary/aromatic N) is 2. The summed E-state index contributed by atoms with van der Waals surface area (Å²) >= 11 is 0. The van der Waals surface area contributed by atoms with Crippen LogP contribution in [0.4, 0.5) is 0 Å². The Morgan fingerprint density at radius 1 is 1.11 bits per heavy atom. The van der Waals surface area contributed by atoms with Crippen LogP contribution in [0.1, 0.15) is 46.2 Å². The Hall–Kier alpha value is -1.90. The highest BCUT2D eigenvalue weighted by atomic mass is 16.1. The van der Waals surface area contributed by atoms with Crippen LogP contribution in [-0.4, -0.2) is 15.3 Å². The fourth-order valence-corrected chi connectivity index (χ4v) is 3.43. The molecule has 4 rings (SSSR count). The molecule has 0 atom stereocenters. The van der Waals surface area contributed by atoms with E-state index < -0.39 is 0 Å². The fraction of sp³-hybridized carbons (Fsp3) is 0.375. The minimum Gasteiger partial charge on any atom is -0.324 e. The summed E-state index contributed by atoms with van der Waals surface area (Å²) in [5, 5.41) is 0. The molecule has 2 aliphatic carbocycles. The molecule has 96 valence electrons. The fourth-order valence-electron chi connectivity index (χ4n) is 3.43. The average Bonchev–Trinajstić information content (AvgIpc) is 3.02. The number of aryl methyl sites for hydroxylation is 1. The Morgan fingerprint density at radius 3 is 2.58 bits per heavy atom. The van der Waals surface area contributed by atoms with E-state index in [9.17, 15) is 4.79 Å². The van der Waals surface area contributed by atoms with Crippen LogP contribution in [0.25, 0.3) is 0 Å². The van der Waals surface area contributed by atoms with Gasteiger partial charge in [0, 0.05) is 12.5 Å². The van der Waals surface area contributed by atoms with Crippen LogP contribution >= 0.6 is 0 Å². The van der Waals surface area contributed by atoms with E-state index in [0.29, 0.717) is 12.5 Å². The first-order valence-electron chi connectivity index (χ1n) is 6.98. The third-order valence-electron chi connectivity index (χ3n) is 4.37. The summed E-state index contributed by atoms with van der Waals surface area (Å²) in [6.07, 6.45) is 6.50. The molecule has 3 heteroatoms. The van der Waals surface area contributed by atoms with Crippen molar-refractivity contribution < 1.29 is 4.79 Å². The lowest BCUT2D eigenvalue weighted by atomic mass is 9.99. The first-order valence-corrected chi connectivity index (χ1v) is 6.98. The van der Waals surface area contributed by atoms with Crippen LogP contribution < -0.4 is 0 Å². The number of fused-ring (bicyclic) bond motifs is 2. The molecule has 0 saturated carbocycles. The van der Waals surface area contributed by atoms with E-state index in [4.69, 9.17) is 0 Å². The van der Waals surface area contributed by atoms with Crippen LogP contribution in [0.15, 0.2) is 30.6 Å². The molecule has 2 aliphatic rings. The van der Waals surface area contributed by atoms with Crippen LogP contribution in [0, 0.1) is 0 Å². The lowest BCUT2D eigenvalue weighted by Gasteiger charge is -2.17. The van der Waals surface area contributed by atoms with E-state index in [1.165, 1.54) is 11.1 Å². The molecule has 0 saturated heterocycles. The highest BCUT2D eigenvalue weighted by molar-refractivity contribution is 5.96. The monoisotopic (exact) mass is 252 g/mol. The van der Waals surface area contributed by atoms with Gasteiger partial charge in [-0.2, -0.15) is 0 Å². The quantitative estimate of drug-likeness (QED) is 0.782. The van der Waals surface area contributed by atoms with E-state index in [-0.39, 0.29) is 5.78 Å². The van der Waals surface area contributed by atoms with E-state index >= 15 is 0 Å². The number of rotatable bonds is 1. The summed E-state index contributed by atoms with van der Waals surface area (Å²) in [6.45, 7) is 0. The lowest BCUT2D eigenvalue weighted by molar-refractivity contribution is 0.0960. The van der Waals surface area contributed by atoms with Crippen molar-refractivity contribution in [2.45, 2.75) is 38.1 Å². The molecule has 1 heterocycles. The van der Waals surface area contributed by atoms with Crippen LogP contribution in [0.2, 0.25) is 0 Å². The van der Waals surface area contributed by atoms with Crippen molar-refractivity contribution >= 4 is 5.78 Å². The third kappa shape index (κ3) is 1.65. The molecule has 0 fully saturated rings. The SMILES string of the molecule is O=C1CCCc2ncn(C3Cc4ccccc4C3)c21. The molecule has 0 aliphatic heterocycles. The molecule has 2 aromatic rings. The largest absolute Gasteiger partial charge is 0.324 e. The Balaban J connectivity index is 1.73. The number of imidazole rings is 1. The van der Waals surface area contributed by atoms with Crippen molar-refractivity contribution in [3.63, 3.8) is 0 Å². The van der Waals surface area contributed by atoms with Gasteiger partial charge in [0.2, 0.25) is 0 Å². The minimum atomic E-state index is 0.273. The minimum absolute atomic E-state index is 0.273. The van der Waals surface area contributed by atoms with Crippen molar-refractivity contribution in [1.29, 1.82) is 0 Å². The second-order valence-corrected chi connectivity index (χ2v) is 5.55. The number of Topliss-reactive ketones (excluding diaryl/α,β-unsaturated/α-hetero) is 1.